The summed E-state index contributed by atoms with van der Waals surface area (Å²) in [6.45, 7) is 4.36. The van der Waals surface area contributed by atoms with Gasteiger partial charge >= 0.3 is 0 Å². The highest BCUT2D eigenvalue weighted by Gasteiger charge is 2.33. The fraction of sp³-hybridized carbons (Fsp3) is 0.533. The second-order valence-electron chi connectivity index (χ2n) is 5.42. The fourth-order valence-corrected chi connectivity index (χ4v) is 3.01. The van der Waals surface area contributed by atoms with Crippen LogP contribution in [0.5, 0.6) is 5.75 Å². The van der Waals surface area contributed by atoms with E-state index in [1.165, 1.54) is 0 Å². The maximum Gasteiger partial charge on any atom is 0.229 e. The van der Waals surface area contributed by atoms with Crippen molar-refractivity contribution < 1.29 is 14.3 Å². The van der Waals surface area contributed by atoms with Crippen molar-refractivity contribution in [1.82, 2.24) is 4.90 Å². The number of carbonyl (C=O) groups is 1. The average Bonchev–Trinajstić information content (AvgIpc) is 2.46. The molecule has 2 aliphatic heterocycles. The van der Waals surface area contributed by atoms with Crippen LogP contribution in [0.2, 0.25) is 5.02 Å². The molecule has 2 aliphatic rings. The summed E-state index contributed by atoms with van der Waals surface area (Å²) in [5.41, 5.74) is 1.02. The summed E-state index contributed by atoms with van der Waals surface area (Å²) in [5, 5.41) is 0.681. The minimum atomic E-state index is -0.124. The molecule has 1 amide bonds. The first kappa shape index (κ1) is 13.7. The largest absolute Gasteiger partial charge is 0.492 e. The topological polar surface area (TPSA) is 38.8 Å². The van der Waals surface area contributed by atoms with E-state index in [0.29, 0.717) is 37.8 Å². The van der Waals surface area contributed by atoms with Gasteiger partial charge in [-0.15, -0.1) is 0 Å². The van der Waals surface area contributed by atoms with Gasteiger partial charge in [0.15, 0.2) is 0 Å². The third kappa shape index (κ3) is 2.63. The molecule has 0 aliphatic carbocycles. The smallest absolute Gasteiger partial charge is 0.229 e. The van der Waals surface area contributed by atoms with Crippen molar-refractivity contribution in [3.63, 3.8) is 0 Å². The molecule has 1 aromatic rings. The lowest BCUT2D eigenvalue weighted by Gasteiger charge is -2.36. The lowest BCUT2D eigenvalue weighted by Crippen LogP contribution is -2.51. The zero-order valence-corrected chi connectivity index (χ0v) is 12.2. The molecule has 1 aromatic carbocycles. The number of benzene rings is 1. The molecular formula is C15H18ClNO3. The summed E-state index contributed by atoms with van der Waals surface area (Å²) in [5.74, 6) is 0.876. The van der Waals surface area contributed by atoms with Crippen LogP contribution in [0.4, 0.5) is 0 Å². The Kier molecular flexibility index (Phi) is 3.85. The van der Waals surface area contributed by atoms with Gasteiger partial charge in [-0.2, -0.15) is 0 Å². The normalized spacial score (nSPS) is 25.8. The quantitative estimate of drug-likeness (QED) is 0.797. The van der Waals surface area contributed by atoms with E-state index in [9.17, 15) is 4.79 Å². The van der Waals surface area contributed by atoms with Crippen molar-refractivity contribution in [2.24, 2.45) is 5.92 Å². The molecule has 2 atom stereocenters. The van der Waals surface area contributed by atoms with E-state index in [-0.39, 0.29) is 17.9 Å². The number of carbonyl (C=O) groups excluding carboxylic acids is 1. The van der Waals surface area contributed by atoms with Gasteiger partial charge in [0, 0.05) is 11.6 Å². The molecule has 0 unspecified atom stereocenters. The van der Waals surface area contributed by atoms with Crippen LogP contribution in [0.1, 0.15) is 12.5 Å². The number of halogens is 1. The van der Waals surface area contributed by atoms with Crippen LogP contribution in [-0.4, -0.2) is 43.2 Å². The Morgan fingerprint density at radius 3 is 3.05 bits per heavy atom. The highest BCUT2D eigenvalue weighted by atomic mass is 35.5. The Labute approximate surface area is 123 Å². The molecule has 4 nitrogen and oxygen atoms in total. The highest BCUT2D eigenvalue weighted by molar-refractivity contribution is 6.30. The second-order valence-corrected chi connectivity index (χ2v) is 5.86. The molecule has 20 heavy (non-hydrogen) atoms. The van der Waals surface area contributed by atoms with Crippen molar-refractivity contribution in [3.8, 4) is 5.75 Å². The Morgan fingerprint density at radius 1 is 1.40 bits per heavy atom. The molecule has 0 radical (unpaired) electrons. The number of hydrogen-bond acceptors (Lipinski definition) is 3. The summed E-state index contributed by atoms with van der Waals surface area (Å²) in [4.78, 5) is 14.5. The Morgan fingerprint density at radius 2 is 2.25 bits per heavy atom. The van der Waals surface area contributed by atoms with Crippen LogP contribution in [0.3, 0.4) is 0 Å². The summed E-state index contributed by atoms with van der Waals surface area (Å²) in [7, 11) is 0. The zero-order chi connectivity index (χ0) is 14.1. The minimum Gasteiger partial charge on any atom is -0.492 e. The van der Waals surface area contributed by atoms with Crippen LogP contribution < -0.4 is 4.74 Å². The van der Waals surface area contributed by atoms with Gasteiger partial charge in [-0.3, -0.25) is 4.79 Å². The third-order valence-electron chi connectivity index (χ3n) is 3.93. The second kappa shape index (κ2) is 5.62. The molecule has 2 heterocycles. The number of nitrogens with zero attached hydrogens (tertiary/aromatic N) is 1. The van der Waals surface area contributed by atoms with Gasteiger partial charge in [-0.05, 0) is 37.1 Å². The van der Waals surface area contributed by atoms with Gasteiger partial charge in [0.1, 0.15) is 12.4 Å². The molecule has 0 spiro atoms. The van der Waals surface area contributed by atoms with Crippen molar-refractivity contribution in [3.05, 3.63) is 28.8 Å². The van der Waals surface area contributed by atoms with Gasteiger partial charge in [0.25, 0.3) is 0 Å². The van der Waals surface area contributed by atoms with E-state index >= 15 is 0 Å². The summed E-state index contributed by atoms with van der Waals surface area (Å²) < 4.78 is 11.1. The number of fused-ring (bicyclic) bond motifs is 1. The van der Waals surface area contributed by atoms with Gasteiger partial charge < -0.3 is 14.4 Å². The fourth-order valence-electron chi connectivity index (χ4n) is 2.81. The molecule has 5 heteroatoms. The number of ether oxygens (including phenoxy) is 2. The van der Waals surface area contributed by atoms with Gasteiger partial charge in [-0.25, -0.2) is 0 Å². The molecule has 1 saturated heterocycles. The van der Waals surface area contributed by atoms with E-state index in [1.54, 1.807) is 0 Å². The van der Waals surface area contributed by atoms with Crippen molar-refractivity contribution >= 4 is 17.5 Å². The van der Waals surface area contributed by atoms with Crippen LogP contribution in [0.15, 0.2) is 18.2 Å². The first-order valence-electron chi connectivity index (χ1n) is 6.94. The molecular weight excluding hydrogens is 278 g/mol. The molecule has 3 rings (SSSR count). The molecule has 0 N–H and O–H groups in total. The lowest BCUT2D eigenvalue weighted by atomic mass is 9.95. The van der Waals surface area contributed by atoms with Crippen molar-refractivity contribution in [2.75, 3.05) is 26.4 Å². The zero-order valence-electron chi connectivity index (χ0n) is 11.5. The van der Waals surface area contributed by atoms with Gasteiger partial charge in [0.2, 0.25) is 5.91 Å². The first-order chi connectivity index (χ1) is 9.65. The lowest BCUT2D eigenvalue weighted by molar-refractivity contribution is -0.144. The van der Waals surface area contributed by atoms with E-state index in [0.717, 1.165) is 11.3 Å². The molecule has 0 saturated carbocycles. The monoisotopic (exact) mass is 295 g/mol. The molecule has 0 bridgehead atoms. The van der Waals surface area contributed by atoms with Crippen molar-refractivity contribution in [2.45, 2.75) is 19.4 Å². The molecule has 0 aromatic heterocycles. The Bertz CT molecular complexity index is 520. The summed E-state index contributed by atoms with van der Waals surface area (Å²) in [6.07, 6.45) is 0.693. The van der Waals surface area contributed by atoms with E-state index in [2.05, 4.69) is 0 Å². The van der Waals surface area contributed by atoms with Gasteiger partial charge in [0.05, 0.1) is 25.2 Å². The standard InChI is InChI=1S/C15H18ClNO3/c1-10-8-19-5-4-17(10)15(18)12-6-11-7-13(16)2-3-14(11)20-9-12/h2-3,7,10,12H,4-6,8-9H2,1H3/t10-,12+/m1/s1. The van der Waals surface area contributed by atoms with Crippen LogP contribution >= 0.6 is 11.6 Å². The van der Waals surface area contributed by atoms with E-state index in [1.807, 2.05) is 30.0 Å². The Hall–Kier alpha value is -1.26. The maximum atomic E-state index is 12.6. The number of rotatable bonds is 1. The number of amides is 1. The van der Waals surface area contributed by atoms with Crippen LogP contribution in [0.25, 0.3) is 0 Å². The number of morpholine rings is 1. The van der Waals surface area contributed by atoms with Crippen LogP contribution in [-0.2, 0) is 16.0 Å². The first-order valence-corrected chi connectivity index (χ1v) is 7.32. The average molecular weight is 296 g/mol. The maximum absolute atomic E-state index is 12.6. The summed E-state index contributed by atoms with van der Waals surface area (Å²) >= 11 is 6.01. The predicted molar refractivity (Wildman–Crippen MR) is 76.1 cm³/mol. The Balaban J connectivity index is 1.74. The number of hydrogen-bond donors (Lipinski definition) is 0. The predicted octanol–water partition coefficient (Wildman–Crippen LogP) is 2.14. The summed E-state index contributed by atoms with van der Waals surface area (Å²) in [6, 6.07) is 5.71. The van der Waals surface area contributed by atoms with Crippen molar-refractivity contribution in [1.29, 1.82) is 0 Å². The minimum absolute atomic E-state index is 0.124. The third-order valence-corrected chi connectivity index (χ3v) is 4.16. The SMILES string of the molecule is C[C@@H]1COCCN1C(=O)[C@@H]1COc2ccc(Cl)cc2C1. The molecule has 108 valence electrons. The van der Waals surface area contributed by atoms with Gasteiger partial charge in [-0.1, -0.05) is 11.6 Å². The van der Waals surface area contributed by atoms with E-state index in [4.69, 9.17) is 21.1 Å². The van der Waals surface area contributed by atoms with Crippen LogP contribution in [0, 0.1) is 5.92 Å². The highest BCUT2D eigenvalue weighted by Crippen LogP contribution is 2.30. The van der Waals surface area contributed by atoms with E-state index < -0.39 is 0 Å². The molecule has 1 fully saturated rings.